The standard InChI is InChI=1S/C12H15BN4O4/c1-17-6-8(21-13(19)20)4-10(12(17)18)14-11-5-9(15-16-11)7-2-3-7/h4-7,19-20H,2-3H2,1H3,(H2,14,15,16). The molecule has 4 N–H and O–H groups in total. The predicted molar refractivity (Wildman–Crippen MR) is 76.3 cm³/mol. The van der Waals surface area contributed by atoms with Crippen LogP contribution in [-0.4, -0.2) is 32.1 Å². The number of pyridine rings is 1. The molecule has 0 unspecified atom stereocenters. The Labute approximate surface area is 120 Å². The van der Waals surface area contributed by atoms with E-state index in [0.717, 1.165) is 18.5 Å². The monoisotopic (exact) mass is 290 g/mol. The summed E-state index contributed by atoms with van der Waals surface area (Å²) in [4.78, 5) is 12.0. The lowest BCUT2D eigenvalue weighted by atomic mass is 10.2. The van der Waals surface area contributed by atoms with Crippen molar-refractivity contribution in [2.45, 2.75) is 18.8 Å². The van der Waals surface area contributed by atoms with E-state index in [-0.39, 0.29) is 17.0 Å². The van der Waals surface area contributed by atoms with E-state index < -0.39 is 7.32 Å². The van der Waals surface area contributed by atoms with Crippen LogP contribution in [0.15, 0.2) is 23.1 Å². The third-order valence-electron chi connectivity index (χ3n) is 3.28. The zero-order valence-corrected chi connectivity index (χ0v) is 11.4. The second kappa shape index (κ2) is 5.26. The molecular weight excluding hydrogens is 275 g/mol. The molecule has 8 nitrogen and oxygen atoms in total. The molecule has 0 bridgehead atoms. The van der Waals surface area contributed by atoms with Crippen molar-refractivity contribution in [1.82, 2.24) is 14.8 Å². The Morgan fingerprint density at radius 3 is 2.90 bits per heavy atom. The molecule has 1 fully saturated rings. The number of hydrogen-bond donors (Lipinski definition) is 4. The highest BCUT2D eigenvalue weighted by Gasteiger charge is 2.25. The first kappa shape index (κ1) is 13.7. The van der Waals surface area contributed by atoms with Crippen LogP contribution in [0.4, 0.5) is 11.5 Å². The van der Waals surface area contributed by atoms with Gasteiger partial charge in [0, 0.05) is 37.0 Å². The molecule has 0 amide bonds. The van der Waals surface area contributed by atoms with Gasteiger partial charge in [-0.1, -0.05) is 0 Å². The van der Waals surface area contributed by atoms with E-state index >= 15 is 0 Å². The second-order valence-corrected chi connectivity index (χ2v) is 5.06. The summed E-state index contributed by atoms with van der Waals surface area (Å²) < 4.78 is 6.05. The van der Waals surface area contributed by atoms with Gasteiger partial charge in [0.05, 0.1) is 0 Å². The molecule has 21 heavy (non-hydrogen) atoms. The van der Waals surface area contributed by atoms with Crippen LogP contribution in [0.25, 0.3) is 0 Å². The third kappa shape index (κ3) is 3.09. The summed E-state index contributed by atoms with van der Waals surface area (Å²) in [7, 11) is -0.396. The number of hydrogen-bond acceptors (Lipinski definition) is 6. The number of rotatable bonds is 5. The Morgan fingerprint density at radius 2 is 2.24 bits per heavy atom. The van der Waals surface area contributed by atoms with Crippen molar-refractivity contribution >= 4 is 18.8 Å². The molecule has 0 aliphatic heterocycles. The van der Waals surface area contributed by atoms with Crippen LogP contribution >= 0.6 is 0 Å². The van der Waals surface area contributed by atoms with E-state index in [1.807, 2.05) is 6.07 Å². The minimum atomic E-state index is -1.94. The lowest BCUT2D eigenvalue weighted by Crippen LogP contribution is -2.24. The zero-order valence-electron chi connectivity index (χ0n) is 11.4. The molecule has 1 aliphatic rings. The van der Waals surface area contributed by atoms with Crippen LogP contribution in [0.3, 0.4) is 0 Å². The number of anilines is 2. The molecule has 2 heterocycles. The normalized spacial score (nSPS) is 14.0. The van der Waals surface area contributed by atoms with Gasteiger partial charge in [0.2, 0.25) is 0 Å². The van der Waals surface area contributed by atoms with E-state index in [1.54, 1.807) is 7.05 Å². The predicted octanol–water partition coefficient (Wildman–Crippen LogP) is 0.0777. The Morgan fingerprint density at radius 1 is 1.48 bits per heavy atom. The van der Waals surface area contributed by atoms with Crippen molar-refractivity contribution in [1.29, 1.82) is 0 Å². The summed E-state index contributed by atoms with van der Waals surface area (Å²) in [5.74, 6) is 1.23. The van der Waals surface area contributed by atoms with Crippen LogP contribution in [0, 0.1) is 0 Å². The fraction of sp³-hybridized carbons (Fsp3) is 0.333. The number of nitrogens with zero attached hydrogens (tertiary/aromatic N) is 2. The van der Waals surface area contributed by atoms with E-state index in [0.29, 0.717) is 11.7 Å². The lowest BCUT2D eigenvalue weighted by Gasteiger charge is -2.10. The van der Waals surface area contributed by atoms with Gasteiger partial charge in [0.15, 0.2) is 5.82 Å². The molecule has 0 aromatic carbocycles. The van der Waals surface area contributed by atoms with Crippen LogP contribution < -0.4 is 15.5 Å². The van der Waals surface area contributed by atoms with Gasteiger partial charge in [-0.2, -0.15) is 5.10 Å². The van der Waals surface area contributed by atoms with Crippen molar-refractivity contribution in [3.63, 3.8) is 0 Å². The highest BCUT2D eigenvalue weighted by Crippen LogP contribution is 2.39. The summed E-state index contributed by atoms with van der Waals surface area (Å²) >= 11 is 0. The summed E-state index contributed by atoms with van der Waals surface area (Å²) in [6.07, 6.45) is 3.68. The first-order chi connectivity index (χ1) is 10.0. The number of H-pyrrole nitrogens is 1. The summed E-state index contributed by atoms with van der Waals surface area (Å²) in [6.45, 7) is 0. The number of aryl methyl sites for hydroxylation is 1. The highest BCUT2D eigenvalue weighted by atomic mass is 16.6. The SMILES string of the molecule is Cn1cc(OB(O)O)cc(Nc2cc(C3CC3)[nH]n2)c1=O. The van der Waals surface area contributed by atoms with E-state index in [2.05, 4.69) is 15.5 Å². The van der Waals surface area contributed by atoms with Gasteiger partial charge in [0.1, 0.15) is 11.4 Å². The third-order valence-corrected chi connectivity index (χ3v) is 3.28. The van der Waals surface area contributed by atoms with E-state index in [4.69, 9.17) is 14.7 Å². The quantitative estimate of drug-likeness (QED) is 0.580. The molecule has 2 aromatic heterocycles. The van der Waals surface area contributed by atoms with Gasteiger partial charge in [0.25, 0.3) is 5.56 Å². The smallest absolute Gasteiger partial charge is 0.511 e. The first-order valence-electron chi connectivity index (χ1n) is 6.59. The molecule has 9 heteroatoms. The average Bonchev–Trinajstić information content (AvgIpc) is 3.15. The fourth-order valence-corrected chi connectivity index (χ4v) is 2.10. The van der Waals surface area contributed by atoms with E-state index in [9.17, 15) is 4.79 Å². The van der Waals surface area contributed by atoms with Crippen molar-refractivity contribution < 1.29 is 14.7 Å². The van der Waals surface area contributed by atoms with Crippen LogP contribution in [0.5, 0.6) is 5.75 Å². The minimum Gasteiger partial charge on any atom is -0.511 e. The van der Waals surface area contributed by atoms with Gasteiger partial charge >= 0.3 is 7.32 Å². The summed E-state index contributed by atoms with van der Waals surface area (Å²) in [5, 5.41) is 27.6. The molecule has 3 rings (SSSR count). The van der Waals surface area contributed by atoms with Crippen LogP contribution in [0.1, 0.15) is 24.5 Å². The maximum atomic E-state index is 12.0. The Bertz CT molecular complexity index is 708. The van der Waals surface area contributed by atoms with Gasteiger partial charge in [-0.05, 0) is 12.8 Å². The molecular formula is C12H15BN4O4. The lowest BCUT2D eigenvalue weighted by molar-refractivity contribution is 0.287. The second-order valence-electron chi connectivity index (χ2n) is 5.06. The van der Waals surface area contributed by atoms with E-state index in [1.165, 1.54) is 16.8 Å². The molecule has 0 spiro atoms. The topological polar surface area (TPSA) is 112 Å². The zero-order chi connectivity index (χ0) is 15.0. The molecule has 0 saturated heterocycles. The maximum Gasteiger partial charge on any atom is 0.707 e. The van der Waals surface area contributed by atoms with Gasteiger partial charge in [-0.3, -0.25) is 9.89 Å². The molecule has 1 aliphatic carbocycles. The molecule has 110 valence electrons. The number of nitrogens with one attached hydrogen (secondary N) is 2. The van der Waals surface area contributed by atoms with Crippen LogP contribution in [0.2, 0.25) is 0 Å². The summed E-state index contributed by atoms with van der Waals surface area (Å²) in [6, 6.07) is 3.26. The fourth-order valence-electron chi connectivity index (χ4n) is 2.10. The van der Waals surface area contributed by atoms with Gasteiger partial charge < -0.3 is 24.6 Å². The first-order valence-corrected chi connectivity index (χ1v) is 6.59. The highest BCUT2D eigenvalue weighted by molar-refractivity contribution is 6.33. The Kier molecular flexibility index (Phi) is 3.44. The molecule has 0 radical (unpaired) electrons. The number of aromatic amines is 1. The van der Waals surface area contributed by atoms with Crippen molar-refractivity contribution in [2.75, 3.05) is 5.32 Å². The van der Waals surface area contributed by atoms with Crippen molar-refractivity contribution in [2.24, 2.45) is 7.05 Å². The molecule has 1 saturated carbocycles. The maximum absolute atomic E-state index is 12.0. The van der Waals surface area contributed by atoms with Gasteiger partial charge in [-0.15, -0.1) is 0 Å². The Hall–Kier alpha value is -2.26. The largest absolute Gasteiger partial charge is 0.707 e. The van der Waals surface area contributed by atoms with Gasteiger partial charge in [-0.25, -0.2) is 0 Å². The van der Waals surface area contributed by atoms with Crippen LogP contribution in [-0.2, 0) is 7.05 Å². The minimum absolute atomic E-state index is 0.160. The molecule has 0 atom stereocenters. The van der Waals surface area contributed by atoms with Crippen molar-refractivity contribution in [3.8, 4) is 5.75 Å². The number of aromatic nitrogens is 3. The van der Waals surface area contributed by atoms with Crippen molar-refractivity contribution in [3.05, 3.63) is 34.4 Å². The molecule has 2 aromatic rings. The average molecular weight is 290 g/mol. The summed E-state index contributed by atoms with van der Waals surface area (Å²) in [5.41, 5.74) is 1.02. The Balaban J connectivity index is 1.85.